The van der Waals surface area contributed by atoms with Crippen molar-refractivity contribution in [2.75, 3.05) is 10.8 Å². The van der Waals surface area contributed by atoms with Gasteiger partial charge in [0.15, 0.2) is 0 Å². The number of rotatable bonds is 8. The number of sulfonamides is 1. The summed E-state index contributed by atoms with van der Waals surface area (Å²) in [6, 6.07) is 23.3. The van der Waals surface area contributed by atoms with E-state index in [0.29, 0.717) is 12.1 Å². The van der Waals surface area contributed by atoms with E-state index in [1.165, 1.54) is 4.31 Å². The molecule has 0 saturated carbocycles. The molecule has 0 bridgehead atoms. The highest BCUT2D eigenvalue weighted by molar-refractivity contribution is 7.92. The van der Waals surface area contributed by atoms with Crippen molar-refractivity contribution in [3.05, 3.63) is 95.6 Å². The lowest BCUT2D eigenvalue weighted by molar-refractivity contribution is -0.120. The predicted octanol–water partition coefficient (Wildman–Crippen LogP) is 4.77. The minimum absolute atomic E-state index is 0.154. The summed E-state index contributed by atoms with van der Waals surface area (Å²) >= 11 is 0. The summed E-state index contributed by atoms with van der Waals surface area (Å²) in [4.78, 5) is 13.1. The van der Waals surface area contributed by atoms with Crippen molar-refractivity contribution in [3.8, 4) is 0 Å². The van der Waals surface area contributed by atoms with Gasteiger partial charge in [0.05, 0.1) is 16.6 Å². The van der Waals surface area contributed by atoms with Gasteiger partial charge in [-0.25, -0.2) is 8.42 Å². The van der Waals surface area contributed by atoms with Crippen molar-refractivity contribution in [2.24, 2.45) is 0 Å². The molecule has 0 heterocycles. The zero-order valence-corrected chi connectivity index (χ0v) is 18.9. The predicted molar refractivity (Wildman–Crippen MR) is 125 cm³/mol. The first-order valence-corrected chi connectivity index (χ1v) is 11.8. The van der Waals surface area contributed by atoms with Crippen LogP contribution in [0.2, 0.25) is 0 Å². The Kier molecular flexibility index (Phi) is 7.13. The van der Waals surface area contributed by atoms with Crippen molar-refractivity contribution < 1.29 is 13.2 Å². The van der Waals surface area contributed by atoms with Gasteiger partial charge in [0.2, 0.25) is 5.91 Å². The molecule has 0 aromatic heterocycles. The van der Waals surface area contributed by atoms with Crippen LogP contribution in [-0.4, -0.2) is 20.9 Å². The molecule has 0 aliphatic rings. The molecule has 1 amide bonds. The number of nitrogens with one attached hydrogen (secondary N) is 1. The highest BCUT2D eigenvalue weighted by atomic mass is 32.2. The van der Waals surface area contributed by atoms with Crippen LogP contribution in [0.4, 0.5) is 5.69 Å². The van der Waals surface area contributed by atoms with Gasteiger partial charge in [-0.15, -0.1) is 0 Å². The summed E-state index contributed by atoms with van der Waals surface area (Å²) in [6.45, 7) is 5.51. The van der Waals surface area contributed by atoms with E-state index in [-0.39, 0.29) is 23.4 Å². The Bertz CT molecular complexity index is 1110. The van der Waals surface area contributed by atoms with Crippen LogP contribution in [0, 0.1) is 13.8 Å². The third kappa shape index (κ3) is 5.52. The molecule has 1 N–H and O–H groups in total. The minimum Gasteiger partial charge on any atom is -0.348 e. The van der Waals surface area contributed by atoms with Crippen molar-refractivity contribution in [1.82, 2.24) is 5.32 Å². The first kappa shape index (κ1) is 22.6. The van der Waals surface area contributed by atoms with Gasteiger partial charge in [0, 0.05) is 0 Å². The van der Waals surface area contributed by atoms with Crippen LogP contribution in [0.15, 0.2) is 83.8 Å². The minimum atomic E-state index is -3.91. The second kappa shape index (κ2) is 9.79. The van der Waals surface area contributed by atoms with Gasteiger partial charge in [-0.05, 0) is 50.1 Å². The van der Waals surface area contributed by atoms with Crippen LogP contribution >= 0.6 is 0 Å². The maximum atomic E-state index is 13.4. The van der Waals surface area contributed by atoms with Gasteiger partial charge < -0.3 is 5.32 Å². The summed E-state index contributed by atoms with van der Waals surface area (Å²) in [7, 11) is -3.91. The molecule has 0 radical (unpaired) electrons. The summed E-state index contributed by atoms with van der Waals surface area (Å²) in [6.07, 6.45) is 0.699. The van der Waals surface area contributed by atoms with Crippen molar-refractivity contribution >= 4 is 21.6 Å². The topological polar surface area (TPSA) is 66.5 Å². The smallest absolute Gasteiger partial charge is 0.264 e. The van der Waals surface area contributed by atoms with E-state index in [0.717, 1.165) is 16.7 Å². The van der Waals surface area contributed by atoms with Gasteiger partial charge >= 0.3 is 0 Å². The summed E-state index contributed by atoms with van der Waals surface area (Å²) < 4.78 is 28.0. The van der Waals surface area contributed by atoms with Gasteiger partial charge in [0.25, 0.3) is 10.0 Å². The largest absolute Gasteiger partial charge is 0.348 e. The van der Waals surface area contributed by atoms with Crippen molar-refractivity contribution in [3.63, 3.8) is 0 Å². The molecule has 0 aliphatic heterocycles. The first-order valence-electron chi connectivity index (χ1n) is 10.3. The normalized spacial score (nSPS) is 12.2. The van der Waals surface area contributed by atoms with Gasteiger partial charge in [-0.2, -0.15) is 0 Å². The van der Waals surface area contributed by atoms with E-state index in [1.807, 2.05) is 63.2 Å². The molecule has 0 aliphatic carbocycles. The Labute approximate surface area is 184 Å². The molecule has 6 heteroatoms. The Morgan fingerprint density at radius 2 is 1.42 bits per heavy atom. The van der Waals surface area contributed by atoms with E-state index < -0.39 is 10.0 Å². The summed E-state index contributed by atoms with van der Waals surface area (Å²) in [5, 5.41) is 2.98. The van der Waals surface area contributed by atoms with E-state index in [1.54, 1.807) is 36.4 Å². The van der Waals surface area contributed by atoms with Crippen LogP contribution in [0.5, 0.6) is 0 Å². The lowest BCUT2D eigenvalue weighted by atomic mass is 10.0. The molecular formula is C25H28N2O3S. The maximum absolute atomic E-state index is 13.4. The first-order chi connectivity index (χ1) is 14.8. The van der Waals surface area contributed by atoms with Crippen LogP contribution in [0.3, 0.4) is 0 Å². The summed E-state index contributed by atoms with van der Waals surface area (Å²) in [5.41, 5.74) is 3.42. The van der Waals surface area contributed by atoms with E-state index in [9.17, 15) is 13.2 Å². The Morgan fingerprint density at radius 1 is 0.871 bits per heavy atom. The third-order valence-electron chi connectivity index (χ3n) is 5.16. The molecule has 5 nitrogen and oxygen atoms in total. The fourth-order valence-corrected chi connectivity index (χ4v) is 4.76. The van der Waals surface area contributed by atoms with Gasteiger partial charge in [-0.3, -0.25) is 9.10 Å². The molecule has 0 unspecified atom stereocenters. The number of carbonyl (C=O) groups excluding carboxylic acids is 1. The number of hydrogen-bond donors (Lipinski definition) is 1. The second-order valence-electron chi connectivity index (χ2n) is 7.60. The van der Waals surface area contributed by atoms with Crippen LogP contribution in [0.25, 0.3) is 0 Å². The zero-order valence-electron chi connectivity index (χ0n) is 18.1. The number of hydrogen-bond acceptors (Lipinski definition) is 3. The molecule has 0 spiro atoms. The molecule has 0 saturated heterocycles. The number of aryl methyl sites for hydroxylation is 2. The zero-order chi connectivity index (χ0) is 22.4. The number of nitrogens with zero attached hydrogens (tertiary/aromatic N) is 1. The summed E-state index contributed by atoms with van der Waals surface area (Å²) in [5.74, 6) is -0.355. The van der Waals surface area contributed by atoms with Gasteiger partial charge in [0.1, 0.15) is 6.54 Å². The number of carbonyl (C=O) groups is 1. The average molecular weight is 437 g/mol. The Balaban J connectivity index is 1.90. The Morgan fingerprint density at radius 3 is 1.97 bits per heavy atom. The quantitative estimate of drug-likeness (QED) is 0.553. The molecule has 3 aromatic carbocycles. The molecule has 0 fully saturated rings. The number of amides is 1. The standard InChI is InChI=1S/C25H28N2O3S/c1-4-24(21-8-6-5-7-9-21)26-25(28)18-27(22-14-10-19(2)11-15-22)31(29,30)23-16-12-20(3)13-17-23/h5-17,24H,4,18H2,1-3H3,(H,26,28)/t24-/m0/s1. The average Bonchev–Trinajstić information content (AvgIpc) is 2.77. The van der Waals surface area contributed by atoms with Crippen molar-refractivity contribution in [2.45, 2.75) is 38.1 Å². The highest BCUT2D eigenvalue weighted by Gasteiger charge is 2.28. The second-order valence-corrected chi connectivity index (χ2v) is 9.46. The molecule has 31 heavy (non-hydrogen) atoms. The van der Waals surface area contributed by atoms with E-state index in [2.05, 4.69) is 5.32 Å². The lowest BCUT2D eigenvalue weighted by Gasteiger charge is -2.26. The van der Waals surface area contributed by atoms with Gasteiger partial charge in [-0.1, -0.05) is 72.6 Å². The van der Waals surface area contributed by atoms with Crippen LogP contribution in [0.1, 0.15) is 36.1 Å². The van der Waals surface area contributed by atoms with E-state index in [4.69, 9.17) is 0 Å². The fraction of sp³-hybridized carbons (Fsp3) is 0.240. The molecule has 3 aromatic rings. The molecule has 1 atom stereocenters. The number of benzene rings is 3. The van der Waals surface area contributed by atoms with Crippen molar-refractivity contribution in [1.29, 1.82) is 0 Å². The third-order valence-corrected chi connectivity index (χ3v) is 6.95. The fourth-order valence-electron chi connectivity index (χ4n) is 3.34. The van der Waals surface area contributed by atoms with E-state index >= 15 is 0 Å². The molecule has 3 rings (SSSR count). The lowest BCUT2D eigenvalue weighted by Crippen LogP contribution is -2.42. The van der Waals surface area contributed by atoms with Crippen LogP contribution < -0.4 is 9.62 Å². The molecule has 162 valence electrons. The monoisotopic (exact) mass is 436 g/mol. The van der Waals surface area contributed by atoms with Crippen LogP contribution in [-0.2, 0) is 14.8 Å². The molecular weight excluding hydrogens is 408 g/mol. The highest BCUT2D eigenvalue weighted by Crippen LogP contribution is 2.25. The Hall–Kier alpha value is -3.12. The maximum Gasteiger partial charge on any atom is 0.264 e. The SMILES string of the molecule is CC[C@H](NC(=O)CN(c1ccc(C)cc1)S(=O)(=O)c1ccc(C)cc1)c1ccccc1. The number of anilines is 1.